The maximum absolute atomic E-state index is 3.21. The summed E-state index contributed by atoms with van der Waals surface area (Å²) in [7, 11) is 2.10. The van der Waals surface area contributed by atoms with Crippen molar-refractivity contribution in [3.05, 3.63) is 17.7 Å². The largest absolute Gasteiger partial charge is 1.00 e. The molecule has 1 aromatic heterocycles. The number of H-pyrrole nitrogens is 1. The Morgan fingerprint density at radius 1 is 1.50 bits per heavy atom. The monoisotopic (exact) mass is 188 g/mol. The van der Waals surface area contributed by atoms with Gasteiger partial charge in [0.2, 0.25) is 0 Å². The zero-order chi connectivity index (χ0) is 8.43. The summed E-state index contributed by atoms with van der Waals surface area (Å²) >= 11 is 0. The molecule has 0 saturated heterocycles. The van der Waals surface area contributed by atoms with Crippen LogP contribution in [0.15, 0.2) is 6.20 Å². The Bertz CT molecular complexity index is 241. The van der Waals surface area contributed by atoms with Crippen molar-refractivity contribution in [3.8, 4) is 0 Å². The molecule has 0 amide bonds. The lowest BCUT2D eigenvalue weighted by Gasteiger charge is -1.99. The van der Waals surface area contributed by atoms with Crippen LogP contribution in [0, 0.1) is 12.8 Å². The average molecular weight is 189 g/mol. The molecule has 0 fully saturated rings. The first kappa shape index (κ1) is 11.5. The molecule has 0 saturated carbocycles. The molecule has 0 radical (unpaired) electrons. The second-order valence-corrected chi connectivity index (χ2v) is 3.52. The molecule has 0 aliphatic rings. The topological polar surface area (TPSA) is 19.7 Å². The maximum atomic E-state index is 3.21. The number of rotatable bonds is 2. The Morgan fingerprint density at radius 3 is 2.42 bits per heavy atom. The first-order chi connectivity index (χ1) is 5.11. The van der Waals surface area contributed by atoms with Crippen LogP contribution in [0.5, 0.6) is 0 Å². The molecular formula is C9H17ClN2. The van der Waals surface area contributed by atoms with Crippen molar-refractivity contribution in [2.75, 3.05) is 0 Å². The third-order valence-corrected chi connectivity index (χ3v) is 2.00. The number of aryl methyl sites for hydroxylation is 1. The molecule has 0 aliphatic heterocycles. The van der Waals surface area contributed by atoms with Gasteiger partial charge in [-0.1, -0.05) is 13.8 Å². The molecule has 0 aromatic carbocycles. The fraction of sp³-hybridized carbons (Fsp3) is 0.667. The molecule has 1 heterocycles. The highest BCUT2D eigenvalue weighted by atomic mass is 35.5. The van der Waals surface area contributed by atoms with Crippen molar-refractivity contribution in [1.29, 1.82) is 0 Å². The second-order valence-electron chi connectivity index (χ2n) is 3.52. The zero-order valence-electron chi connectivity index (χ0n) is 8.19. The van der Waals surface area contributed by atoms with E-state index in [9.17, 15) is 0 Å². The smallest absolute Gasteiger partial charge is 0.251 e. The van der Waals surface area contributed by atoms with Gasteiger partial charge in [-0.15, -0.1) is 0 Å². The van der Waals surface area contributed by atoms with Crippen LogP contribution in [-0.2, 0) is 13.5 Å². The lowest BCUT2D eigenvalue weighted by molar-refractivity contribution is -0.684. The third-order valence-electron chi connectivity index (χ3n) is 2.00. The Kier molecular flexibility index (Phi) is 4.32. The predicted octanol–water partition coefficient (Wildman–Crippen LogP) is -1.65. The summed E-state index contributed by atoms with van der Waals surface area (Å²) in [5, 5.41) is 0. The van der Waals surface area contributed by atoms with Gasteiger partial charge in [0, 0.05) is 13.3 Å². The highest BCUT2D eigenvalue weighted by Crippen LogP contribution is 2.02. The van der Waals surface area contributed by atoms with E-state index in [-0.39, 0.29) is 12.4 Å². The van der Waals surface area contributed by atoms with Crippen molar-refractivity contribution in [2.24, 2.45) is 13.0 Å². The number of aromatic amines is 1. The van der Waals surface area contributed by atoms with E-state index in [2.05, 4.69) is 43.6 Å². The summed E-state index contributed by atoms with van der Waals surface area (Å²) in [6, 6.07) is 0. The molecule has 70 valence electrons. The second kappa shape index (κ2) is 4.51. The summed E-state index contributed by atoms with van der Waals surface area (Å²) in [6.07, 6.45) is 3.25. The lowest BCUT2D eigenvalue weighted by atomic mass is 10.1. The molecule has 0 unspecified atom stereocenters. The van der Waals surface area contributed by atoms with Gasteiger partial charge in [-0.3, -0.25) is 0 Å². The normalized spacial score (nSPS) is 10.1. The molecule has 3 heteroatoms. The van der Waals surface area contributed by atoms with Gasteiger partial charge in [0.05, 0.1) is 7.05 Å². The van der Waals surface area contributed by atoms with Crippen LogP contribution in [0.2, 0.25) is 0 Å². The van der Waals surface area contributed by atoms with E-state index < -0.39 is 0 Å². The molecule has 1 rings (SSSR count). The fourth-order valence-corrected chi connectivity index (χ4v) is 1.21. The molecule has 0 aliphatic carbocycles. The summed E-state index contributed by atoms with van der Waals surface area (Å²) in [6.45, 7) is 6.56. The van der Waals surface area contributed by atoms with Crippen molar-refractivity contribution in [1.82, 2.24) is 4.98 Å². The van der Waals surface area contributed by atoms with Crippen LogP contribution in [0.4, 0.5) is 0 Å². The number of aromatic nitrogens is 2. The van der Waals surface area contributed by atoms with E-state index in [0.29, 0.717) is 0 Å². The number of hydrogen-bond acceptors (Lipinski definition) is 0. The van der Waals surface area contributed by atoms with Gasteiger partial charge >= 0.3 is 0 Å². The molecule has 0 bridgehead atoms. The standard InChI is InChI=1S/C9H16N2.ClH/c1-7(2)5-9-6-10-8(3)11(9)4;/h6-7H,5H2,1-4H3;1H. The van der Waals surface area contributed by atoms with Crippen molar-refractivity contribution >= 4 is 0 Å². The molecule has 2 nitrogen and oxygen atoms in total. The van der Waals surface area contributed by atoms with Crippen LogP contribution < -0.4 is 17.0 Å². The first-order valence-electron chi connectivity index (χ1n) is 4.14. The summed E-state index contributed by atoms with van der Waals surface area (Å²) < 4.78 is 2.21. The zero-order valence-corrected chi connectivity index (χ0v) is 8.94. The molecule has 1 aromatic rings. The highest BCUT2D eigenvalue weighted by molar-refractivity contribution is 4.90. The maximum Gasteiger partial charge on any atom is 0.251 e. The van der Waals surface area contributed by atoms with Crippen LogP contribution in [0.25, 0.3) is 0 Å². The van der Waals surface area contributed by atoms with Crippen molar-refractivity contribution in [3.63, 3.8) is 0 Å². The van der Waals surface area contributed by atoms with Crippen LogP contribution in [0.1, 0.15) is 25.4 Å². The fourth-order valence-electron chi connectivity index (χ4n) is 1.21. The number of hydrogen-bond donors (Lipinski definition) is 1. The van der Waals surface area contributed by atoms with Crippen molar-refractivity contribution in [2.45, 2.75) is 27.2 Å². The van der Waals surface area contributed by atoms with Gasteiger partial charge in [-0.2, -0.15) is 0 Å². The lowest BCUT2D eigenvalue weighted by Crippen LogP contribution is -3.00. The van der Waals surface area contributed by atoms with E-state index in [1.165, 1.54) is 11.5 Å². The summed E-state index contributed by atoms with van der Waals surface area (Å²) in [5.41, 5.74) is 1.39. The Balaban J connectivity index is 0.00000121. The van der Waals surface area contributed by atoms with Crippen molar-refractivity contribution < 1.29 is 17.0 Å². The van der Waals surface area contributed by atoms with E-state index >= 15 is 0 Å². The number of nitrogens with zero attached hydrogens (tertiary/aromatic N) is 1. The van der Waals surface area contributed by atoms with Gasteiger partial charge in [0.25, 0.3) is 5.82 Å². The summed E-state index contributed by atoms with van der Waals surface area (Å²) in [4.78, 5) is 3.21. The molecule has 0 spiro atoms. The van der Waals surface area contributed by atoms with Gasteiger partial charge in [-0.25, -0.2) is 9.55 Å². The van der Waals surface area contributed by atoms with Crippen LogP contribution in [0.3, 0.4) is 0 Å². The van der Waals surface area contributed by atoms with E-state index in [0.717, 1.165) is 12.3 Å². The van der Waals surface area contributed by atoms with Crippen LogP contribution >= 0.6 is 0 Å². The third kappa shape index (κ3) is 2.52. The minimum atomic E-state index is 0. The number of halogens is 1. The number of nitrogens with one attached hydrogen (secondary N) is 1. The van der Waals surface area contributed by atoms with Gasteiger partial charge in [0.15, 0.2) is 0 Å². The first-order valence-corrected chi connectivity index (χ1v) is 4.14. The van der Waals surface area contributed by atoms with E-state index in [1.807, 2.05) is 0 Å². The number of imidazole rings is 1. The predicted molar refractivity (Wildman–Crippen MR) is 45.2 cm³/mol. The Hall–Kier alpha value is -0.500. The highest BCUT2D eigenvalue weighted by Gasteiger charge is 2.10. The SMILES string of the molecule is Cc1[nH]cc(CC(C)C)[n+]1C.[Cl-]. The summed E-state index contributed by atoms with van der Waals surface area (Å²) in [5.74, 6) is 1.96. The van der Waals surface area contributed by atoms with Crippen LogP contribution in [-0.4, -0.2) is 4.98 Å². The molecule has 0 atom stereocenters. The molecule has 12 heavy (non-hydrogen) atoms. The minimum absolute atomic E-state index is 0. The van der Waals surface area contributed by atoms with Gasteiger partial charge < -0.3 is 12.4 Å². The van der Waals surface area contributed by atoms with Gasteiger partial charge in [-0.05, 0) is 5.92 Å². The van der Waals surface area contributed by atoms with Gasteiger partial charge in [0.1, 0.15) is 11.9 Å². The van der Waals surface area contributed by atoms with E-state index in [1.54, 1.807) is 0 Å². The Labute approximate surface area is 80.4 Å². The molecule has 1 N–H and O–H groups in total. The average Bonchev–Trinajstić information content (AvgIpc) is 2.18. The molecular weight excluding hydrogens is 172 g/mol. The van der Waals surface area contributed by atoms with E-state index in [4.69, 9.17) is 0 Å². The minimum Gasteiger partial charge on any atom is -1.00 e. The quantitative estimate of drug-likeness (QED) is 0.537. The Morgan fingerprint density at radius 2 is 2.08 bits per heavy atom.